The topological polar surface area (TPSA) is 47.7 Å². The van der Waals surface area contributed by atoms with Crippen molar-refractivity contribution in [3.8, 4) is 0 Å². The first kappa shape index (κ1) is 8.81. The molecule has 0 radical (unpaired) electrons. The standard InChI is InChI=1S/C6H9IN2/c1-4(3-8)6(7)5(2)9/h3,8-9H,1-2H3/b6-4+,8-3?,9-5?. The van der Waals surface area contributed by atoms with Crippen molar-refractivity contribution in [2.75, 3.05) is 0 Å². The Morgan fingerprint density at radius 3 is 2.00 bits per heavy atom. The monoisotopic (exact) mass is 236 g/mol. The van der Waals surface area contributed by atoms with Crippen LogP contribution in [-0.2, 0) is 0 Å². The Kier molecular flexibility index (Phi) is 3.68. The van der Waals surface area contributed by atoms with Crippen LogP contribution in [0.25, 0.3) is 0 Å². The second-order valence-corrected chi connectivity index (χ2v) is 2.85. The highest BCUT2D eigenvalue weighted by molar-refractivity contribution is 14.1. The second-order valence-electron chi connectivity index (χ2n) is 1.77. The molecule has 9 heavy (non-hydrogen) atoms. The van der Waals surface area contributed by atoms with Gasteiger partial charge in [0.05, 0.1) is 0 Å². The van der Waals surface area contributed by atoms with E-state index < -0.39 is 0 Å². The average molecular weight is 236 g/mol. The van der Waals surface area contributed by atoms with Gasteiger partial charge >= 0.3 is 0 Å². The van der Waals surface area contributed by atoms with Crippen LogP contribution in [0.3, 0.4) is 0 Å². The van der Waals surface area contributed by atoms with Gasteiger partial charge in [-0.3, -0.25) is 0 Å². The third-order valence-electron chi connectivity index (χ3n) is 0.892. The third kappa shape index (κ3) is 2.74. The molecular formula is C6H9IN2. The van der Waals surface area contributed by atoms with Crippen molar-refractivity contribution in [3.63, 3.8) is 0 Å². The summed E-state index contributed by atoms with van der Waals surface area (Å²) >= 11 is 2.06. The molecule has 0 atom stereocenters. The fourth-order valence-corrected chi connectivity index (χ4v) is 0.515. The summed E-state index contributed by atoms with van der Waals surface area (Å²) in [5.74, 6) is 0. The van der Waals surface area contributed by atoms with E-state index in [1.807, 2.05) is 6.92 Å². The molecule has 0 aromatic rings. The van der Waals surface area contributed by atoms with Gasteiger partial charge in [-0.15, -0.1) is 0 Å². The molecule has 0 bridgehead atoms. The van der Waals surface area contributed by atoms with E-state index in [1.54, 1.807) is 6.92 Å². The van der Waals surface area contributed by atoms with Crippen molar-refractivity contribution in [2.24, 2.45) is 0 Å². The van der Waals surface area contributed by atoms with Gasteiger partial charge in [-0.05, 0) is 42.0 Å². The van der Waals surface area contributed by atoms with E-state index in [0.29, 0.717) is 5.71 Å². The number of allylic oxidation sites excluding steroid dienone is 2. The van der Waals surface area contributed by atoms with Crippen LogP contribution in [0.4, 0.5) is 0 Å². The zero-order valence-electron chi connectivity index (χ0n) is 5.46. The number of nitrogens with one attached hydrogen (secondary N) is 2. The van der Waals surface area contributed by atoms with Gasteiger partial charge in [-0.1, -0.05) is 0 Å². The van der Waals surface area contributed by atoms with Crippen molar-refractivity contribution in [2.45, 2.75) is 13.8 Å². The molecule has 0 fully saturated rings. The molecule has 2 N–H and O–H groups in total. The van der Waals surface area contributed by atoms with Crippen LogP contribution in [0.5, 0.6) is 0 Å². The highest BCUT2D eigenvalue weighted by atomic mass is 127. The molecule has 0 aromatic carbocycles. The molecule has 0 saturated carbocycles. The molecule has 50 valence electrons. The minimum absolute atomic E-state index is 0.525. The molecule has 2 nitrogen and oxygen atoms in total. The van der Waals surface area contributed by atoms with Gasteiger partial charge < -0.3 is 10.8 Å². The summed E-state index contributed by atoms with van der Waals surface area (Å²) in [6.45, 7) is 3.54. The maximum Gasteiger partial charge on any atom is 0.0419 e. The minimum atomic E-state index is 0.525. The van der Waals surface area contributed by atoms with Crippen LogP contribution in [0, 0.1) is 10.8 Å². The quantitative estimate of drug-likeness (QED) is 0.546. The molecule has 0 aliphatic carbocycles. The number of hydrogen-bond donors (Lipinski definition) is 2. The predicted octanol–water partition coefficient (Wildman–Crippen LogP) is 2.38. The molecule has 0 saturated heterocycles. The van der Waals surface area contributed by atoms with E-state index in [4.69, 9.17) is 10.8 Å². The molecule has 0 rings (SSSR count). The van der Waals surface area contributed by atoms with Crippen molar-refractivity contribution in [1.82, 2.24) is 0 Å². The summed E-state index contributed by atoms with van der Waals surface area (Å²) in [4.78, 5) is 0. The van der Waals surface area contributed by atoms with Crippen LogP contribution < -0.4 is 0 Å². The lowest BCUT2D eigenvalue weighted by Gasteiger charge is -1.95. The lowest BCUT2D eigenvalue weighted by atomic mass is 10.2. The van der Waals surface area contributed by atoms with Gasteiger partial charge in [0.2, 0.25) is 0 Å². The highest BCUT2D eigenvalue weighted by Gasteiger charge is 1.96. The van der Waals surface area contributed by atoms with Crippen LogP contribution in [0.15, 0.2) is 9.15 Å². The SMILES string of the molecule is CC(=N)/C(I)=C(/C)C=N. The first-order chi connectivity index (χ1) is 4.09. The van der Waals surface area contributed by atoms with Crippen molar-refractivity contribution in [3.05, 3.63) is 9.15 Å². The smallest absolute Gasteiger partial charge is 0.0419 e. The Labute approximate surface area is 68.5 Å². The molecule has 0 spiro atoms. The zero-order valence-corrected chi connectivity index (χ0v) is 7.61. The Morgan fingerprint density at radius 2 is 1.89 bits per heavy atom. The van der Waals surface area contributed by atoms with E-state index in [-0.39, 0.29) is 0 Å². The summed E-state index contributed by atoms with van der Waals surface area (Å²) in [5.41, 5.74) is 1.37. The lowest BCUT2D eigenvalue weighted by molar-refractivity contribution is 1.46. The Morgan fingerprint density at radius 1 is 1.44 bits per heavy atom. The van der Waals surface area contributed by atoms with E-state index in [9.17, 15) is 0 Å². The van der Waals surface area contributed by atoms with Crippen molar-refractivity contribution in [1.29, 1.82) is 10.8 Å². The van der Waals surface area contributed by atoms with Gasteiger partial charge in [-0.2, -0.15) is 0 Å². The highest BCUT2D eigenvalue weighted by Crippen LogP contribution is 2.11. The fraction of sp³-hybridized carbons (Fsp3) is 0.333. The molecule has 0 aromatic heterocycles. The van der Waals surface area contributed by atoms with Gasteiger partial charge in [0.25, 0.3) is 0 Å². The number of rotatable bonds is 2. The largest absolute Gasteiger partial charge is 0.308 e. The van der Waals surface area contributed by atoms with Gasteiger partial charge in [0.1, 0.15) is 0 Å². The van der Waals surface area contributed by atoms with Crippen molar-refractivity contribution < 1.29 is 0 Å². The average Bonchev–Trinajstić information content (AvgIpc) is 1.84. The maximum atomic E-state index is 7.17. The fourth-order valence-electron chi connectivity index (χ4n) is 0.359. The molecule has 0 aliphatic rings. The van der Waals surface area contributed by atoms with Gasteiger partial charge in [0, 0.05) is 15.5 Å². The van der Waals surface area contributed by atoms with E-state index >= 15 is 0 Å². The first-order valence-electron chi connectivity index (χ1n) is 2.52. The van der Waals surface area contributed by atoms with Gasteiger partial charge in [0.15, 0.2) is 0 Å². The van der Waals surface area contributed by atoms with Crippen molar-refractivity contribution >= 4 is 34.5 Å². The second kappa shape index (κ2) is 3.76. The molecule has 0 amide bonds. The van der Waals surface area contributed by atoms with Crippen LogP contribution in [0.1, 0.15) is 13.8 Å². The third-order valence-corrected chi connectivity index (χ3v) is 2.55. The van der Waals surface area contributed by atoms with E-state index in [0.717, 1.165) is 9.15 Å². The minimum Gasteiger partial charge on any atom is -0.308 e. The summed E-state index contributed by atoms with van der Waals surface area (Å²) in [6.07, 6.45) is 1.26. The maximum absolute atomic E-state index is 7.17. The van der Waals surface area contributed by atoms with E-state index in [1.165, 1.54) is 6.21 Å². The molecule has 0 unspecified atom stereocenters. The van der Waals surface area contributed by atoms with Crippen LogP contribution in [-0.4, -0.2) is 11.9 Å². The number of halogens is 1. The number of hydrogen-bond acceptors (Lipinski definition) is 2. The Bertz CT molecular complexity index is 170. The van der Waals surface area contributed by atoms with Gasteiger partial charge in [-0.25, -0.2) is 0 Å². The molecule has 0 heterocycles. The summed E-state index contributed by atoms with van der Waals surface area (Å²) in [7, 11) is 0. The van der Waals surface area contributed by atoms with Crippen LogP contribution >= 0.6 is 22.6 Å². The first-order valence-corrected chi connectivity index (χ1v) is 3.60. The summed E-state index contributed by atoms with van der Waals surface area (Å²) < 4.78 is 0.864. The molecule has 3 heteroatoms. The molecule has 0 aliphatic heterocycles. The van der Waals surface area contributed by atoms with Crippen LogP contribution in [0.2, 0.25) is 0 Å². The molecular weight excluding hydrogens is 227 g/mol. The summed E-state index contributed by atoms with van der Waals surface area (Å²) in [6, 6.07) is 0. The normalized spacial score (nSPS) is 12.3. The predicted molar refractivity (Wildman–Crippen MR) is 48.9 cm³/mol. The zero-order chi connectivity index (χ0) is 7.44. The van der Waals surface area contributed by atoms with E-state index in [2.05, 4.69) is 22.6 Å². The Hall–Kier alpha value is -0.190. The summed E-state index contributed by atoms with van der Waals surface area (Å²) in [5, 5.41) is 14.0. The lowest BCUT2D eigenvalue weighted by Crippen LogP contribution is -1.91. The Balaban J connectivity index is 4.47.